The van der Waals surface area contributed by atoms with Crippen LogP contribution in [0.4, 0.5) is 0 Å². The molecule has 0 aliphatic rings. The minimum Gasteiger partial charge on any atom is -0.508 e. The number of rotatable bonds is 2. The number of benzene rings is 1. The number of aldehydes is 1. The highest BCUT2D eigenvalue weighted by Gasteiger charge is 2.06. The summed E-state index contributed by atoms with van der Waals surface area (Å²) >= 11 is 0. The molecule has 72 valence electrons. The summed E-state index contributed by atoms with van der Waals surface area (Å²) in [4.78, 5) is 10.4. The molecule has 1 aromatic carbocycles. The van der Waals surface area contributed by atoms with Gasteiger partial charge in [0, 0.05) is 30.6 Å². The van der Waals surface area contributed by atoms with Gasteiger partial charge in [-0.1, -0.05) is 0 Å². The molecular formula is C11H11NO2. The number of carbonyl (C=O) groups excluding carboxylic acids is 1. The van der Waals surface area contributed by atoms with E-state index in [4.69, 9.17) is 0 Å². The summed E-state index contributed by atoms with van der Waals surface area (Å²) < 4.78 is 1.95. The number of phenols is 1. The van der Waals surface area contributed by atoms with Gasteiger partial charge in [0.2, 0.25) is 0 Å². The number of aromatic hydroxyl groups is 1. The highest BCUT2D eigenvalue weighted by Crippen LogP contribution is 2.24. The van der Waals surface area contributed by atoms with Crippen LogP contribution in [0.25, 0.3) is 10.9 Å². The van der Waals surface area contributed by atoms with Gasteiger partial charge in [-0.3, -0.25) is 0 Å². The molecule has 0 aliphatic heterocycles. The molecule has 0 fully saturated rings. The fraction of sp³-hybridized carbons (Fsp3) is 0.182. The molecule has 0 radical (unpaired) electrons. The molecule has 14 heavy (non-hydrogen) atoms. The third-order valence-corrected chi connectivity index (χ3v) is 2.36. The minimum atomic E-state index is 0.232. The van der Waals surface area contributed by atoms with Crippen molar-refractivity contribution in [2.45, 2.75) is 6.42 Å². The second-order valence-corrected chi connectivity index (χ2v) is 3.34. The molecule has 1 N–H and O–H groups in total. The van der Waals surface area contributed by atoms with E-state index in [-0.39, 0.29) is 5.75 Å². The maximum atomic E-state index is 10.4. The lowest BCUT2D eigenvalue weighted by molar-refractivity contribution is -0.107. The van der Waals surface area contributed by atoms with E-state index in [1.165, 1.54) is 0 Å². The van der Waals surface area contributed by atoms with Crippen LogP contribution in [-0.2, 0) is 18.3 Å². The lowest BCUT2D eigenvalue weighted by Crippen LogP contribution is -1.83. The number of carbonyl (C=O) groups is 1. The van der Waals surface area contributed by atoms with Gasteiger partial charge in [-0.15, -0.1) is 0 Å². The Morgan fingerprint density at radius 2 is 2.29 bits per heavy atom. The molecular weight excluding hydrogens is 178 g/mol. The molecule has 1 heterocycles. The van der Waals surface area contributed by atoms with Gasteiger partial charge in [-0.2, -0.15) is 0 Å². The van der Waals surface area contributed by atoms with Crippen LogP contribution in [0.3, 0.4) is 0 Å². The Balaban J connectivity index is 2.72. The van der Waals surface area contributed by atoms with Crippen LogP contribution in [0, 0.1) is 0 Å². The number of nitrogens with zero attached hydrogens (tertiary/aromatic N) is 1. The quantitative estimate of drug-likeness (QED) is 0.729. The van der Waals surface area contributed by atoms with E-state index in [1.54, 1.807) is 12.1 Å². The zero-order chi connectivity index (χ0) is 10.1. The smallest absolute Gasteiger partial charge is 0.124 e. The van der Waals surface area contributed by atoms with Crippen molar-refractivity contribution in [1.82, 2.24) is 4.57 Å². The van der Waals surface area contributed by atoms with Gasteiger partial charge in [-0.25, -0.2) is 0 Å². The van der Waals surface area contributed by atoms with E-state index < -0.39 is 0 Å². The van der Waals surface area contributed by atoms with Crippen LogP contribution in [0.1, 0.15) is 5.56 Å². The second kappa shape index (κ2) is 3.18. The summed E-state index contributed by atoms with van der Waals surface area (Å²) in [6.45, 7) is 0. The van der Waals surface area contributed by atoms with Crippen molar-refractivity contribution in [2.24, 2.45) is 7.05 Å². The Morgan fingerprint density at radius 3 is 3.00 bits per heavy atom. The number of aromatic nitrogens is 1. The predicted octanol–water partition coefficient (Wildman–Crippen LogP) is 1.63. The first kappa shape index (κ1) is 8.81. The van der Waals surface area contributed by atoms with Gasteiger partial charge in [0.25, 0.3) is 0 Å². The molecule has 0 atom stereocenters. The molecule has 3 heteroatoms. The van der Waals surface area contributed by atoms with Crippen LogP contribution in [-0.4, -0.2) is 16.0 Å². The number of aryl methyl sites for hydroxylation is 1. The fourth-order valence-electron chi connectivity index (χ4n) is 1.71. The van der Waals surface area contributed by atoms with Crippen molar-refractivity contribution in [1.29, 1.82) is 0 Å². The van der Waals surface area contributed by atoms with Gasteiger partial charge in [-0.05, 0) is 23.8 Å². The standard InChI is InChI=1S/C11H11NO2/c1-12-7-8(4-5-13)10-6-9(14)2-3-11(10)12/h2-3,5-7,14H,4H2,1H3. The van der Waals surface area contributed by atoms with Crippen molar-refractivity contribution in [3.05, 3.63) is 30.0 Å². The largest absolute Gasteiger partial charge is 0.508 e. The summed E-state index contributed by atoms with van der Waals surface area (Å²) in [6.07, 6.45) is 3.18. The molecule has 0 bridgehead atoms. The fourth-order valence-corrected chi connectivity index (χ4v) is 1.71. The molecule has 0 amide bonds. The average molecular weight is 189 g/mol. The average Bonchev–Trinajstić information content (AvgIpc) is 2.44. The molecule has 1 aromatic heterocycles. The molecule has 0 saturated carbocycles. The molecule has 0 spiro atoms. The lowest BCUT2D eigenvalue weighted by atomic mass is 10.1. The first-order chi connectivity index (χ1) is 6.72. The van der Waals surface area contributed by atoms with Gasteiger partial charge < -0.3 is 14.5 Å². The van der Waals surface area contributed by atoms with Crippen LogP contribution in [0.5, 0.6) is 5.75 Å². The Kier molecular flexibility index (Phi) is 2.00. The summed E-state index contributed by atoms with van der Waals surface area (Å²) in [5.74, 6) is 0.232. The zero-order valence-corrected chi connectivity index (χ0v) is 7.90. The first-order valence-corrected chi connectivity index (χ1v) is 4.43. The first-order valence-electron chi connectivity index (χ1n) is 4.43. The van der Waals surface area contributed by atoms with E-state index in [0.29, 0.717) is 6.42 Å². The number of hydrogen-bond donors (Lipinski definition) is 1. The van der Waals surface area contributed by atoms with E-state index in [1.807, 2.05) is 23.9 Å². The van der Waals surface area contributed by atoms with Crippen molar-refractivity contribution in [3.63, 3.8) is 0 Å². The van der Waals surface area contributed by atoms with Crippen molar-refractivity contribution < 1.29 is 9.90 Å². The Hall–Kier alpha value is -1.77. The normalized spacial score (nSPS) is 10.6. The van der Waals surface area contributed by atoms with Crippen LogP contribution in [0.2, 0.25) is 0 Å². The van der Waals surface area contributed by atoms with Gasteiger partial charge in [0.1, 0.15) is 12.0 Å². The molecule has 2 rings (SSSR count). The summed E-state index contributed by atoms with van der Waals surface area (Å²) in [7, 11) is 1.92. The van der Waals surface area contributed by atoms with E-state index in [9.17, 15) is 9.90 Å². The van der Waals surface area contributed by atoms with Gasteiger partial charge in [0.05, 0.1) is 0 Å². The van der Waals surface area contributed by atoms with Crippen molar-refractivity contribution >= 4 is 17.2 Å². The van der Waals surface area contributed by atoms with Gasteiger partial charge >= 0.3 is 0 Å². The van der Waals surface area contributed by atoms with Crippen molar-refractivity contribution in [3.8, 4) is 5.75 Å². The number of fused-ring (bicyclic) bond motifs is 1. The summed E-state index contributed by atoms with van der Waals surface area (Å²) in [5.41, 5.74) is 1.98. The summed E-state index contributed by atoms with van der Waals surface area (Å²) in [6, 6.07) is 5.18. The predicted molar refractivity (Wildman–Crippen MR) is 54.4 cm³/mol. The lowest BCUT2D eigenvalue weighted by Gasteiger charge is -1.96. The molecule has 3 nitrogen and oxygen atoms in total. The van der Waals surface area contributed by atoms with E-state index in [2.05, 4.69) is 0 Å². The SMILES string of the molecule is Cn1cc(CC=O)c2cc(O)ccc21. The third-order valence-electron chi connectivity index (χ3n) is 2.36. The molecule has 2 aromatic rings. The Bertz CT molecular complexity index is 485. The molecule has 0 aliphatic carbocycles. The van der Waals surface area contributed by atoms with Crippen LogP contribution < -0.4 is 0 Å². The van der Waals surface area contributed by atoms with E-state index in [0.717, 1.165) is 22.8 Å². The monoisotopic (exact) mass is 189 g/mol. The summed E-state index contributed by atoms with van der Waals surface area (Å²) in [5, 5.41) is 10.3. The minimum absolute atomic E-state index is 0.232. The van der Waals surface area contributed by atoms with E-state index >= 15 is 0 Å². The van der Waals surface area contributed by atoms with Gasteiger partial charge in [0.15, 0.2) is 0 Å². The highest BCUT2D eigenvalue weighted by molar-refractivity contribution is 5.87. The second-order valence-electron chi connectivity index (χ2n) is 3.34. The van der Waals surface area contributed by atoms with Crippen LogP contribution in [0.15, 0.2) is 24.4 Å². The molecule has 0 unspecified atom stereocenters. The molecule has 0 saturated heterocycles. The topological polar surface area (TPSA) is 42.2 Å². The number of hydrogen-bond acceptors (Lipinski definition) is 2. The number of phenolic OH excluding ortho intramolecular Hbond substituents is 1. The maximum Gasteiger partial charge on any atom is 0.124 e. The zero-order valence-electron chi connectivity index (χ0n) is 7.90. The Labute approximate surface area is 81.6 Å². The van der Waals surface area contributed by atoms with Crippen LogP contribution >= 0.6 is 0 Å². The Morgan fingerprint density at radius 1 is 1.50 bits per heavy atom. The highest BCUT2D eigenvalue weighted by atomic mass is 16.3. The third kappa shape index (κ3) is 1.27. The van der Waals surface area contributed by atoms with Crippen molar-refractivity contribution in [2.75, 3.05) is 0 Å². The maximum absolute atomic E-state index is 10.4.